The van der Waals surface area contributed by atoms with Gasteiger partial charge in [0, 0.05) is 19.5 Å². The topological polar surface area (TPSA) is 84.2 Å². The third kappa shape index (κ3) is 13.3. The second-order valence-electron chi connectivity index (χ2n) is 6.58. The zero-order chi connectivity index (χ0) is 18.0. The third-order valence-corrected chi connectivity index (χ3v) is 4.22. The monoisotopic (exact) mass is 341 g/mol. The smallest absolute Gasteiger partial charge is 0.243 e. The van der Waals surface area contributed by atoms with Crippen molar-refractivity contribution < 1.29 is 9.59 Å². The van der Waals surface area contributed by atoms with E-state index in [-0.39, 0.29) is 18.4 Å². The highest BCUT2D eigenvalue weighted by Crippen LogP contribution is 2.08. The van der Waals surface area contributed by atoms with E-state index in [1.807, 2.05) is 0 Å². The summed E-state index contributed by atoms with van der Waals surface area (Å²) in [5.41, 5.74) is 5.62. The standard InChI is InChI=1S/C19H39N3O2/c1-3-5-7-9-10-11-12-14-18(23)22-17(16-20)19(24)21-15-13-8-6-4-2/h17H,3-16,20H2,1-2H3,(H,21,24)(H,22,23). The molecule has 5 heteroatoms. The van der Waals surface area contributed by atoms with Crippen LogP contribution in [0.25, 0.3) is 0 Å². The van der Waals surface area contributed by atoms with E-state index in [4.69, 9.17) is 5.73 Å². The fourth-order valence-corrected chi connectivity index (χ4v) is 2.63. The number of nitrogens with two attached hydrogens (primary N) is 1. The summed E-state index contributed by atoms with van der Waals surface area (Å²) in [5, 5.41) is 5.61. The second kappa shape index (κ2) is 16.7. The van der Waals surface area contributed by atoms with Crippen LogP contribution in [0.1, 0.15) is 90.9 Å². The Hall–Kier alpha value is -1.10. The van der Waals surface area contributed by atoms with Gasteiger partial charge in [0.05, 0.1) is 0 Å². The van der Waals surface area contributed by atoms with Crippen LogP contribution < -0.4 is 16.4 Å². The molecule has 0 fully saturated rings. The van der Waals surface area contributed by atoms with Gasteiger partial charge in [0.15, 0.2) is 0 Å². The Kier molecular flexibility index (Phi) is 16.0. The molecule has 5 nitrogen and oxygen atoms in total. The predicted molar refractivity (Wildman–Crippen MR) is 101 cm³/mol. The zero-order valence-corrected chi connectivity index (χ0v) is 15.9. The SMILES string of the molecule is CCCCCCCCCC(=O)NC(CN)C(=O)NCCCCCC. The molecule has 0 radical (unpaired) electrons. The number of unbranched alkanes of at least 4 members (excludes halogenated alkanes) is 9. The molecule has 0 aliphatic heterocycles. The molecule has 24 heavy (non-hydrogen) atoms. The maximum atomic E-state index is 12.0. The van der Waals surface area contributed by atoms with Crippen molar-refractivity contribution in [3.05, 3.63) is 0 Å². The lowest BCUT2D eigenvalue weighted by Gasteiger charge is -2.16. The van der Waals surface area contributed by atoms with Crippen LogP contribution >= 0.6 is 0 Å². The van der Waals surface area contributed by atoms with Crippen LogP contribution in [0.4, 0.5) is 0 Å². The number of hydrogen-bond donors (Lipinski definition) is 3. The third-order valence-electron chi connectivity index (χ3n) is 4.22. The summed E-state index contributed by atoms with van der Waals surface area (Å²) in [6.45, 7) is 5.16. The fourth-order valence-electron chi connectivity index (χ4n) is 2.63. The summed E-state index contributed by atoms with van der Waals surface area (Å²) >= 11 is 0. The van der Waals surface area contributed by atoms with Gasteiger partial charge in [-0.05, 0) is 12.8 Å². The van der Waals surface area contributed by atoms with E-state index in [1.54, 1.807) is 0 Å². The molecule has 0 aromatic rings. The molecule has 1 atom stereocenters. The summed E-state index contributed by atoms with van der Waals surface area (Å²) in [7, 11) is 0. The molecule has 0 heterocycles. The van der Waals surface area contributed by atoms with Gasteiger partial charge >= 0.3 is 0 Å². The molecule has 0 aromatic heterocycles. The first-order valence-corrected chi connectivity index (χ1v) is 9.92. The molecule has 2 amide bonds. The lowest BCUT2D eigenvalue weighted by atomic mass is 10.1. The van der Waals surface area contributed by atoms with E-state index in [2.05, 4.69) is 24.5 Å². The minimum Gasteiger partial charge on any atom is -0.354 e. The first kappa shape index (κ1) is 22.9. The van der Waals surface area contributed by atoms with Crippen molar-refractivity contribution in [2.75, 3.05) is 13.1 Å². The number of carbonyl (C=O) groups excluding carboxylic acids is 2. The Morgan fingerprint density at radius 3 is 1.96 bits per heavy atom. The second-order valence-corrected chi connectivity index (χ2v) is 6.58. The molecule has 142 valence electrons. The molecule has 0 spiro atoms. The minimum absolute atomic E-state index is 0.0693. The van der Waals surface area contributed by atoms with Crippen molar-refractivity contribution >= 4 is 11.8 Å². The molecule has 0 aliphatic carbocycles. The Morgan fingerprint density at radius 2 is 1.38 bits per heavy atom. The predicted octanol–water partition coefficient (Wildman–Crippen LogP) is 3.27. The number of nitrogens with one attached hydrogen (secondary N) is 2. The van der Waals surface area contributed by atoms with Crippen molar-refractivity contribution in [1.29, 1.82) is 0 Å². The fraction of sp³-hybridized carbons (Fsp3) is 0.895. The van der Waals surface area contributed by atoms with Crippen molar-refractivity contribution in [2.45, 2.75) is 96.9 Å². The van der Waals surface area contributed by atoms with E-state index in [9.17, 15) is 9.59 Å². The van der Waals surface area contributed by atoms with E-state index in [0.717, 1.165) is 25.7 Å². The van der Waals surface area contributed by atoms with Gasteiger partial charge in [-0.15, -0.1) is 0 Å². The van der Waals surface area contributed by atoms with Crippen molar-refractivity contribution in [1.82, 2.24) is 10.6 Å². The van der Waals surface area contributed by atoms with Crippen molar-refractivity contribution in [2.24, 2.45) is 5.73 Å². The minimum atomic E-state index is -0.603. The van der Waals surface area contributed by atoms with Gasteiger partial charge in [-0.2, -0.15) is 0 Å². The lowest BCUT2D eigenvalue weighted by molar-refractivity contribution is -0.128. The first-order chi connectivity index (χ1) is 11.7. The molecule has 0 saturated heterocycles. The van der Waals surface area contributed by atoms with E-state index < -0.39 is 6.04 Å². The number of rotatable bonds is 16. The summed E-state index contributed by atoms with van der Waals surface area (Å²) < 4.78 is 0. The van der Waals surface area contributed by atoms with Crippen LogP contribution in [0.3, 0.4) is 0 Å². The van der Waals surface area contributed by atoms with Crippen LogP contribution in [0.2, 0.25) is 0 Å². The summed E-state index contributed by atoms with van der Waals surface area (Å²) in [5.74, 6) is -0.234. The average Bonchev–Trinajstić information content (AvgIpc) is 2.58. The molecule has 4 N–H and O–H groups in total. The average molecular weight is 342 g/mol. The normalized spacial score (nSPS) is 12.0. The highest BCUT2D eigenvalue weighted by Gasteiger charge is 2.18. The molecule has 0 rings (SSSR count). The van der Waals surface area contributed by atoms with Crippen molar-refractivity contribution in [3.63, 3.8) is 0 Å². The molecule has 0 aliphatic rings. The van der Waals surface area contributed by atoms with Gasteiger partial charge in [0.25, 0.3) is 0 Å². The molecule has 1 unspecified atom stereocenters. The van der Waals surface area contributed by atoms with Crippen molar-refractivity contribution in [3.8, 4) is 0 Å². The number of hydrogen-bond acceptors (Lipinski definition) is 3. The van der Waals surface area contributed by atoms with Crippen LogP contribution in [0.5, 0.6) is 0 Å². The maximum absolute atomic E-state index is 12.0. The molecule has 0 saturated carbocycles. The largest absolute Gasteiger partial charge is 0.354 e. The maximum Gasteiger partial charge on any atom is 0.243 e. The van der Waals surface area contributed by atoms with Gasteiger partial charge in [0.1, 0.15) is 6.04 Å². The quantitative estimate of drug-likeness (QED) is 0.377. The highest BCUT2D eigenvalue weighted by atomic mass is 16.2. The van der Waals surface area contributed by atoms with Crippen LogP contribution in [-0.2, 0) is 9.59 Å². The Bertz CT molecular complexity index is 322. The van der Waals surface area contributed by atoms with Gasteiger partial charge in [-0.1, -0.05) is 71.6 Å². The van der Waals surface area contributed by atoms with Gasteiger partial charge in [0.2, 0.25) is 11.8 Å². The Labute approximate surface area is 148 Å². The Morgan fingerprint density at radius 1 is 0.833 bits per heavy atom. The molecule has 0 aromatic carbocycles. The summed E-state index contributed by atoms with van der Waals surface area (Å²) in [4.78, 5) is 23.9. The lowest BCUT2D eigenvalue weighted by Crippen LogP contribution is -2.50. The van der Waals surface area contributed by atoms with E-state index in [0.29, 0.717) is 13.0 Å². The van der Waals surface area contributed by atoms with Gasteiger partial charge < -0.3 is 16.4 Å². The van der Waals surface area contributed by atoms with Crippen LogP contribution in [-0.4, -0.2) is 30.9 Å². The van der Waals surface area contributed by atoms with Crippen LogP contribution in [0.15, 0.2) is 0 Å². The van der Waals surface area contributed by atoms with E-state index >= 15 is 0 Å². The molecular formula is C19H39N3O2. The molecule has 0 bridgehead atoms. The summed E-state index contributed by atoms with van der Waals surface area (Å²) in [6, 6.07) is -0.603. The highest BCUT2D eigenvalue weighted by molar-refractivity contribution is 5.87. The molecular weight excluding hydrogens is 302 g/mol. The van der Waals surface area contributed by atoms with Gasteiger partial charge in [-0.25, -0.2) is 0 Å². The number of carbonyl (C=O) groups is 2. The number of amides is 2. The first-order valence-electron chi connectivity index (χ1n) is 9.92. The Balaban J connectivity index is 3.76. The summed E-state index contributed by atoms with van der Waals surface area (Å²) in [6.07, 6.45) is 13.2. The zero-order valence-electron chi connectivity index (χ0n) is 15.9. The van der Waals surface area contributed by atoms with Crippen LogP contribution in [0, 0.1) is 0 Å². The van der Waals surface area contributed by atoms with E-state index in [1.165, 1.54) is 44.9 Å². The van der Waals surface area contributed by atoms with Gasteiger partial charge in [-0.3, -0.25) is 9.59 Å².